The molecule has 0 fully saturated rings. The van der Waals surface area contributed by atoms with E-state index in [1.165, 1.54) is 42.3 Å². The number of hydrogen-bond donors (Lipinski definition) is 1. The van der Waals surface area contributed by atoms with Gasteiger partial charge in [-0.25, -0.2) is 8.42 Å². The normalized spacial score (nSPS) is 12.0. The highest BCUT2D eigenvalue weighted by Crippen LogP contribution is 2.32. The molecule has 4 aromatic carbocycles. The van der Waals surface area contributed by atoms with Crippen LogP contribution in [0.4, 0.5) is 5.69 Å². The van der Waals surface area contributed by atoms with E-state index in [1.54, 1.807) is 36.4 Å². The number of halogens is 3. The number of hydrogen-bond acceptors (Lipinski definition) is 5. The van der Waals surface area contributed by atoms with E-state index in [-0.39, 0.29) is 39.6 Å². The predicted octanol–water partition coefficient (Wildman–Crippen LogP) is 7.02. The van der Waals surface area contributed by atoms with Gasteiger partial charge in [0, 0.05) is 19.0 Å². The van der Waals surface area contributed by atoms with Crippen molar-refractivity contribution >= 4 is 62.3 Å². The van der Waals surface area contributed by atoms with Gasteiger partial charge >= 0.3 is 0 Å². The molecule has 1 N–H and O–H groups in total. The molecule has 0 saturated heterocycles. The summed E-state index contributed by atoms with van der Waals surface area (Å²) in [6.07, 6.45) is 0.173. The molecule has 4 aromatic rings. The largest absolute Gasteiger partial charge is 0.495 e. The van der Waals surface area contributed by atoms with E-state index in [9.17, 15) is 18.0 Å². The average molecular weight is 703 g/mol. The molecule has 0 unspecified atom stereocenters. The summed E-state index contributed by atoms with van der Waals surface area (Å²) < 4.78 is 34.5. The van der Waals surface area contributed by atoms with Gasteiger partial charge in [-0.1, -0.05) is 89.4 Å². The molecule has 4 rings (SSSR count). The topological polar surface area (TPSA) is 96.0 Å². The van der Waals surface area contributed by atoms with Gasteiger partial charge < -0.3 is 15.0 Å². The first-order valence-electron chi connectivity index (χ1n) is 14.4. The number of amides is 2. The summed E-state index contributed by atoms with van der Waals surface area (Å²) >= 11 is 18.9. The Morgan fingerprint density at radius 3 is 2.04 bits per heavy atom. The van der Waals surface area contributed by atoms with E-state index in [0.717, 1.165) is 9.87 Å². The molecule has 0 spiro atoms. The lowest BCUT2D eigenvalue weighted by Gasteiger charge is -2.34. The summed E-state index contributed by atoms with van der Waals surface area (Å²) in [4.78, 5) is 29.7. The van der Waals surface area contributed by atoms with Crippen LogP contribution in [0.5, 0.6) is 5.75 Å². The minimum Gasteiger partial charge on any atom is -0.495 e. The monoisotopic (exact) mass is 701 g/mol. The second kappa shape index (κ2) is 15.7. The van der Waals surface area contributed by atoms with Crippen LogP contribution >= 0.6 is 34.8 Å². The van der Waals surface area contributed by atoms with Gasteiger partial charge in [0.15, 0.2) is 0 Å². The Kier molecular flexibility index (Phi) is 12.0. The standard InChI is InChI=1S/C34H34Cl3N3O5S/c1-23(2)38-34(42)31(19-24-10-6-4-7-11-24)39(21-25-14-16-28(35)29(36)18-25)33(41)22-40(26-15-17-32(45-3)30(37)20-26)46(43,44)27-12-8-5-9-13-27/h4-18,20,23,31H,19,21-22H2,1-3H3,(H,38,42)/t31-/m1/s1. The molecule has 0 heterocycles. The fourth-order valence-corrected chi connectivity index (χ4v) is 6.83. The van der Waals surface area contributed by atoms with Crippen molar-refractivity contribution in [3.63, 3.8) is 0 Å². The summed E-state index contributed by atoms with van der Waals surface area (Å²) in [6, 6.07) is 25.2. The number of benzene rings is 4. The molecule has 12 heteroatoms. The molecule has 242 valence electrons. The van der Waals surface area contributed by atoms with Crippen LogP contribution in [0.2, 0.25) is 15.1 Å². The summed E-state index contributed by atoms with van der Waals surface area (Å²) in [6.45, 7) is 2.96. The summed E-state index contributed by atoms with van der Waals surface area (Å²) in [5.41, 5.74) is 1.56. The van der Waals surface area contributed by atoms with Crippen molar-refractivity contribution in [1.82, 2.24) is 10.2 Å². The highest BCUT2D eigenvalue weighted by molar-refractivity contribution is 7.92. The van der Waals surface area contributed by atoms with E-state index >= 15 is 0 Å². The van der Waals surface area contributed by atoms with Crippen molar-refractivity contribution in [2.24, 2.45) is 0 Å². The number of rotatable bonds is 13. The molecule has 0 aliphatic heterocycles. The predicted molar refractivity (Wildman–Crippen MR) is 183 cm³/mol. The van der Waals surface area contributed by atoms with E-state index < -0.39 is 34.4 Å². The lowest BCUT2D eigenvalue weighted by atomic mass is 10.0. The smallest absolute Gasteiger partial charge is 0.264 e. The molecule has 1 atom stereocenters. The van der Waals surface area contributed by atoms with Gasteiger partial charge in [-0.05, 0) is 67.4 Å². The maximum Gasteiger partial charge on any atom is 0.264 e. The number of carbonyl (C=O) groups excluding carboxylic acids is 2. The van der Waals surface area contributed by atoms with E-state index in [4.69, 9.17) is 39.5 Å². The second-order valence-electron chi connectivity index (χ2n) is 10.8. The molecule has 0 bridgehead atoms. The number of ether oxygens (including phenoxy) is 1. The fourth-order valence-electron chi connectivity index (χ4n) is 4.83. The minimum absolute atomic E-state index is 0.0239. The molecule has 46 heavy (non-hydrogen) atoms. The molecule has 0 saturated carbocycles. The Labute approximate surface area is 284 Å². The number of sulfonamides is 1. The maximum atomic E-state index is 14.5. The van der Waals surface area contributed by atoms with Gasteiger partial charge in [0.2, 0.25) is 11.8 Å². The second-order valence-corrected chi connectivity index (χ2v) is 13.9. The van der Waals surface area contributed by atoms with Gasteiger partial charge in [-0.3, -0.25) is 13.9 Å². The zero-order valence-electron chi connectivity index (χ0n) is 25.5. The highest BCUT2D eigenvalue weighted by atomic mass is 35.5. The molecular weight excluding hydrogens is 669 g/mol. The Bertz CT molecular complexity index is 1770. The molecule has 0 aliphatic rings. The first kappa shape index (κ1) is 35.1. The SMILES string of the molecule is COc1ccc(N(CC(=O)N(Cc2ccc(Cl)c(Cl)c2)[C@H](Cc2ccccc2)C(=O)NC(C)C)S(=O)(=O)c2ccccc2)cc1Cl. The minimum atomic E-state index is -4.28. The van der Waals surface area contributed by atoms with Crippen molar-refractivity contribution < 1.29 is 22.7 Å². The van der Waals surface area contributed by atoms with Crippen LogP contribution in [0, 0.1) is 0 Å². The van der Waals surface area contributed by atoms with E-state index in [2.05, 4.69) is 5.32 Å². The quantitative estimate of drug-likeness (QED) is 0.162. The number of carbonyl (C=O) groups is 2. The van der Waals surface area contributed by atoms with Crippen LogP contribution in [0.25, 0.3) is 0 Å². The van der Waals surface area contributed by atoms with Crippen molar-refractivity contribution in [2.45, 2.75) is 43.8 Å². The average Bonchev–Trinajstić information content (AvgIpc) is 3.03. The van der Waals surface area contributed by atoms with Crippen molar-refractivity contribution in [2.75, 3.05) is 18.0 Å². The highest BCUT2D eigenvalue weighted by Gasteiger charge is 2.35. The van der Waals surface area contributed by atoms with Gasteiger partial charge in [-0.2, -0.15) is 0 Å². The Morgan fingerprint density at radius 2 is 1.46 bits per heavy atom. The number of methoxy groups -OCH3 is 1. The van der Waals surface area contributed by atoms with Crippen LogP contribution in [0.15, 0.2) is 102 Å². The van der Waals surface area contributed by atoms with Gasteiger partial charge in [-0.15, -0.1) is 0 Å². The summed E-state index contributed by atoms with van der Waals surface area (Å²) in [5.74, 6) is -0.682. The number of nitrogens with zero attached hydrogens (tertiary/aromatic N) is 2. The first-order chi connectivity index (χ1) is 21.9. The lowest BCUT2D eigenvalue weighted by Crippen LogP contribution is -2.54. The lowest BCUT2D eigenvalue weighted by molar-refractivity contribution is -0.140. The molecule has 2 amide bonds. The third kappa shape index (κ3) is 8.73. The third-order valence-electron chi connectivity index (χ3n) is 7.07. The van der Waals surface area contributed by atoms with Crippen molar-refractivity contribution in [3.8, 4) is 5.75 Å². The first-order valence-corrected chi connectivity index (χ1v) is 17.0. The zero-order chi connectivity index (χ0) is 33.4. The molecular formula is C34H34Cl3N3O5S. The number of anilines is 1. The van der Waals surface area contributed by atoms with E-state index in [0.29, 0.717) is 16.3 Å². The van der Waals surface area contributed by atoms with Gasteiger partial charge in [0.1, 0.15) is 18.3 Å². The zero-order valence-corrected chi connectivity index (χ0v) is 28.6. The molecule has 0 radical (unpaired) electrons. The van der Waals surface area contributed by atoms with Crippen molar-refractivity contribution in [1.29, 1.82) is 0 Å². The van der Waals surface area contributed by atoms with Crippen LogP contribution in [0.3, 0.4) is 0 Å². The Morgan fingerprint density at radius 1 is 0.804 bits per heavy atom. The molecule has 8 nitrogen and oxygen atoms in total. The Hall–Kier alpha value is -3.76. The maximum absolute atomic E-state index is 14.5. The fraction of sp³-hybridized carbons (Fsp3) is 0.235. The van der Waals surface area contributed by atoms with Gasteiger partial charge in [0.25, 0.3) is 10.0 Å². The third-order valence-corrected chi connectivity index (χ3v) is 9.89. The van der Waals surface area contributed by atoms with Crippen LogP contribution in [-0.4, -0.2) is 50.9 Å². The van der Waals surface area contributed by atoms with Gasteiger partial charge in [0.05, 0.1) is 32.8 Å². The van der Waals surface area contributed by atoms with Crippen LogP contribution < -0.4 is 14.4 Å². The number of nitrogens with one attached hydrogen (secondary N) is 1. The summed E-state index contributed by atoms with van der Waals surface area (Å²) in [5, 5.41) is 3.69. The van der Waals surface area contributed by atoms with Crippen LogP contribution in [-0.2, 0) is 32.6 Å². The van der Waals surface area contributed by atoms with E-state index in [1.807, 2.05) is 44.2 Å². The molecule has 0 aliphatic carbocycles. The van der Waals surface area contributed by atoms with Crippen LogP contribution in [0.1, 0.15) is 25.0 Å². The van der Waals surface area contributed by atoms with Crippen molar-refractivity contribution in [3.05, 3.63) is 123 Å². The Balaban J connectivity index is 1.83. The summed E-state index contributed by atoms with van der Waals surface area (Å²) in [7, 11) is -2.84. The molecule has 0 aromatic heterocycles.